The zero-order valence-electron chi connectivity index (χ0n) is 8.39. The lowest BCUT2D eigenvalue weighted by Crippen LogP contribution is -2.06. The van der Waals surface area contributed by atoms with E-state index in [2.05, 4.69) is 25.1 Å². The van der Waals surface area contributed by atoms with Crippen molar-refractivity contribution in [2.45, 2.75) is 12.9 Å². The Balaban J connectivity index is 2.23. The third kappa shape index (κ3) is 2.55. The largest absolute Gasteiger partial charge is 0.368 e. The van der Waals surface area contributed by atoms with E-state index in [4.69, 9.17) is 9.84 Å². The smallest absolute Gasteiger partial charge is 0.155 e. The van der Waals surface area contributed by atoms with Gasteiger partial charge in [-0.2, -0.15) is 0 Å². The van der Waals surface area contributed by atoms with Crippen LogP contribution in [0.4, 0.5) is 0 Å². The molecule has 0 saturated heterocycles. The molecule has 2 aromatic rings. The van der Waals surface area contributed by atoms with Gasteiger partial charge in [0.2, 0.25) is 0 Å². The Labute approximate surface area is 89.1 Å². The Morgan fingerprint density at radius 2 is 1.87 bits per heavy atom. The minimum Gasteiger partial charge on any atom is -0.368 e. The summed E-state index contributed by atoms with van der Waals surface area (Å²) in [5.41, 5.74) is 1.04. The van der Waals surface area contributed by atoms with Crippen molar-refractivity contribution in [3.63, 3.8) is 0 Å². The van der Waals surface area contributed by atoms with Crippen LogP contribution in [0.15, 0.2) is 42.5 Å². The van der Waals surface area contributed by atoms with Gasteiger partial charge in [0.25, 0.3) is 0 Å². The number of rotatable bonds is 3. The molecule has 0 amide bonds. The summed E-state index contributed by atoms with van der Waals surface area (Å²) < 4.78 is 5.02. The van der Waals surface area contributed by atoms with Crippen LogP contribution in [-0.4, -0.2) is 11.4 Å². The summed E-state index contributed by atoms with van der Waals surface area (Å²) in [6.45, 7) is 3.73. The van der Waals surface area contributed by atoms with Gasteiger partial charge in [0.1, 0.15) is 0 Å². The van der Waals surface area contributed by atoms with Gasteiger partial charge in [0, 0.05) is 6.92 Å². The first-order chi connectivity index (χ1) is 7.25. The lowest BCUT2D eigenvalue weighted by molar-refractivity contribution is -0.0754. The van der Waals surface area contributed by atoms with Crippen molar-refractivity contribution in [3.05, 3.63) is 55.0 Å². The molecule has 0 aromatic heterocycles. The highest BCUT2D eigenvalue weighted by Gasteiger charge is 1.98. The molecule has 2 aromatic carbocycles. The van der Waals surface area contributed by atoms with Gasteiger partial charge in [-0.1, -0.05) is 36.4 Å². The summed E-state index contributed by atoms with van der Waals surface area (Å²) in [5, 5.41) is 11.3. The molecular formula is C13H13O2. The second-order valence-electron chi connectivity index (χ2n) is 3.45. The number of aliphatic hydroxyl groups is 1. The molecule has 1 N–H and O–H groups in total. The molecule has 15 heavy (non-hydrogen) atoms. The molecule has 1 atom stereocenters. The van der Waals surface area contributed by atoms with Gasteiger partial charge in [0.05, 0.1) is 6.61 Å². The normalized spacial score (nSPS) is 12.9. The van der Waals surface area contributed by atoms with Crippen LogP contribution < -0.4 is 0 Å². The molecule has 2 nitrogen and oxygen atoms in total. The highest BCUT2D eigenvalue weighted by molar-refractivity contribution is 5.82. The Hall–Kier alpha value is -1.38. The molecular weight excluding hydrogens is 188 g/mol. The molecule has 1 radical (unpaired) electrons. The predicted molar refractivity (Wildman–Crippen MR) is 60.1 cm³/mol. The lowest BCUT2D eigenvalue weighted by Gasteiger charge is -2.07. The summed E-state index contributed by atoms with van der Waals surface area (Å²) in [7, 11) is 0. The summed E-state index contributed by atoms with van der Waals surface area (Å²) in [4.78, 5) is 0. The molecule has 0 aliphatic carbocycles. The number of aliphatic hydroxyl groups excluding tert-OH is 1. The number of fused-ring (bicyclic) bond motifs is 1. The van der Waals surface area contributed by atoms with Crippen LogP contribution in [0.5, 0.6) is 0 Å². The Morgan fingerprint density at radius 3 is 2.60 bits per heavy atom. The summed E-state index contributed by atoms with van der Waals surface area (Å²) in [6, 6.07) is 14.2. The fourth-order valence-electron chi connectivity index (χ4n) is 1.52. The third-order valence-corrected chi connectivity index (χ3v) is 2.26. The van der Waals surface area contributed by atoms with Crippen molar-refractivity contribution in [1.82, 2.24) is 0 Å². The average molecular weight is 201 g/mol. The molecule has 2 heteroatoms. The maximum atomic E-state index is 8.89. The zero-order chi connectivity index (χ0) is 10.7. The molecule has 2 rings (SSSR count). The van der Waals surface area contributed by atoms with Crippen molar-refractivity contribution in [3.8, 4) is 0 Å². The van der Waals surface area contributed by atoms with E-state index in [1.165, 1.54) is 10.8 Å². The average Bonchev–Trinajstić information content (AvgIpc) is 2.26. The monoisotopic (exact) mass is 201 g/mol. The second-order valence-corrected chi connectivity index (χ2v) is 3.45. The molecule has 0 saturated carbocycles. The van der Waals surface area contributed by atoms with E-state index in [0.29, 0.717) is 6.61 Å². The van der Waals surface area contributed by atoms with E-state index < -0.39 is 6.29 Å². The van der Waals surface area contributed by atoms with Crippen molar-refractivity contribution < 1.29 is 9.84 Å². The van der Waals surface area contributed by atoms with Crippen LogP contribution in [0.2, 0.25) is 0 Å². The van der Waals surface area contributed by atoms with E-state index in [1.807, 2.05) is 24.3 Å². The van der Waals surface area contributed by atoms with Gasteiger partial charge in [0.15, 0.2) is 6.29 Å². The maximum Gasteiger partial charge on any atom is 0.155 e. The number of ether oxygens (including phenoxy) is 1. The SMILES string of the molecule is [CH2]C(O)OCc1ccc2ccccc2c1. The van der Waals surface area contributed by atoms with Gasteiger partial charge in [-0.3, -0.25) is 0 Å². The molecule has 0 bridgehead atoms. The summed E-state index contributed by atoms with van der Waals surface area (Å²) in [5.74, 6) is 0. The first-order valence-corrected chi connectivity index (χ1v) is 4.86. The highest BCUT2D eigenvalue weighted by Crippen LogP contribution is 2.16. The lowest BCUT2D eigenvalue weighted by atomic mass is 10.1. The molecule has 77 valence electrons. The Bertz CT molecular complexity index is 449. The fraction of sp³-hybridized carbons (Fsp3) is 0.154. The highest BCUT2D eigenvalue weighted by atomic mass is 16.6. The van der Waals surface area contributed by atoms with E-state index in [0.717, 1.165) is 5.56 Å². The minimum atomic E-state index is -0.962. The first kappa shape index (κ1) is 10.1. The van der Waals surface area contributed by atoms with Gasteiger partial charge < -0.3 is 9.84 Å². The van der Waals surface area contributed by atoms with E-state index >= 15 is 0 Å². The second kappa shape index (κ2) is 4.43. The predicted octanol–water partition coefficient (Wildman–Crippen LogP) is 2.51. The quantitative estimate of drug-likeness (QED) is 0.773. The van der Waals surface area contributed by atoms with E-state index in [1.54, 1.807) is 0 Å². The Morgan fingerprint density at radius 1 is 1.13 bits per heavy atom. The first-order valence-electron chi connectivity index (χ1n) is 4.86. The van der Waals surface area contributed by atoms with Gasteiger partial charge in [-0.05, 0) is 22.4 Å². The topological polar surface area (TPSA) is 29.5 Å². The van der Waals surface area contributed by atoms with Crippen LogP contribution in [0.1, 0.15) is 5.56 Å². The molecule has 0 aliphatic heterocycles. The van der Waals surface area contributed by atoms with Crippen molar-refractivity contribution >= 4 is 10.8 Å². The van der Waals surface area contributed by atoms with Crippen LogP contribution >= 0.6 is 0 Å². The van der Waals surface area contributed by atoms with Crippen molar-refractivity contribution in [2.75, 3.05) is 0 Å². The number of hydrogen-bond acceptors (Lipinski definition) is 2. The van der Waals surface area contributed by atoms with Gasteiger partial charge in [-0.25, -0.2) is 0 Å². The molecule has 0 aliphatic rings. The molecule has 0 fully saturated rings. The standard InChI is InChI=1S/C13H13O2/c1-10(14)15-9-11-6-7-12-4-2-3-5-13(12)8-11/h2-8,10,14H,1,9H2. The minimum absolute atomic E-state index is 0.384. The van der Waals surface area contributed by atoms with Crippen LogP contribution in [-0.2, 0) is 11.3 Å². The molecule has 0 heterocycles. The van der Waals surface area contributed by atoms with Gasteiger partial charge in [-0.15, -0.1) is 0 Å². The zero-order valence-corrected chi connectivity index (χ0v) is 8.39. The number of benzene rings is 2. The van der Waals surface area contributed by atoms with E-state index in [9.17, 15) is 0 Å². The maximum absolute atomic E-state index is 8.89. The molecule has 0 spiro atoms. The van der Waals surface area contributed by atoms with Gasteiger partial charge >= 0.3 is 0 Å². The van der Waals surface area contributed by atoms with Crippen LogP contribution in [0, 0.1) is 6.92 Å². The van der Waals surface area contributed by atoms with Crippen molar-refractivity contribution in [2.24, 2.45) is 0 Å². The van der Waals surface area contributed by atoms with Crippen molar-refractivity contribution in [1.29, 1.82) is 0 Å². The summed E-state index contributed by atoms with van der Waals surface area (Å²) in [6.07, 6.45) is -0.962. The fourth-order valence-corrected chi connectivity index (χ4v) is 1.52. The third-order valence-electron chi connectivity index (χ3n) is 2.26. The number of hydrogen-bond donors (Lipinski definition) is 1. The van der Waals surface area contributed by atoms with E-state index in [-0.39, 0.29) is 0 Å². The van der Waals surface area contributed by atoms with Crippen LogP contribution in [0.3, 0.4) is 0 Å². The van der Waals surface area contributed by atoms with Crippen LogP contribution in [0.25, 0.3) is 10.8 Å². The molecule has 1 unspecified atom stereocenters. The Kier molecular flexibility index (Phi) is 2.99. The summed E-state index contributed by atoms with van der Waals surface area (Å²) >= 11 is 0.